The third-order valence-electron chi connectivity index (χ3n) is 3.89. The Morgan fingerprint density at radius 3 is 2.86 bits per heavy atom. The second-order valence-corrected chi connectivity index (χ2v) is 6.01. The molecule has 1 unspecified atom stereocenters. The lowest BCUT2D eigenvalue weighted by Crippen LogP contribution is -2.28. The predicted molar refractivity (Wildman–Crippen MR) is 83.5 cm³/mol. The molecule has 1 aromatic heterocycles. The second kappa shape index (κ2) is 6.08. The minimum atomic E-state index is -0.179. The van der Waals surface area contributed by atoms with Crippen LogP contribution in [0.3, 0.4) is 0 Å². The van der Waals surface area contributed by atoms with Crippen LogP contribution in [0.15, 0.2) is 22.7 Å². The highest BCUT2D eigenvalue weighted by atomic mass is 79.9. The van der Waals surface area contributed by atoms with Crippen molar-refractivity contribution in [3.8, 4) is 17.1 Å². The van der Waals surface area contributed by atoms with Crippen LogP contribution in [0.1, 0.15) is 12.2 Å². The average Bonchev–Trinajstić information content (AvgIpc) is 2.97. The Balaban J connectivity index is 1.96. The van der Waals surface area contributed by atoms with E-state index in [1.165, 1.54) is 7.11 Å². The third-order valence-corrected chi connectivity index (χ3v) is 4.51. The monoisotopic (exact) mass is 365 g/mol. The van der Waals surface area contributed by atoms with Crippen LogP contribution in [-0.4, -0.2) is 35.0 Å². The summed E-state index contributed by atoms with van der Waals surface area (Å²) in [6.45, 7) is 0.550. The molecule has 0 saturated heterocycles. The van der Waals surface area contributed by atoms with E-state index in [4.69, 9.17) is 9.47 Å². The lowest BCUT2D eigenvalue weighted by molar-refractivity contribution is -0.146. The van der Waals surface area contributed by atoms with Crippen molar-refractivity contribution in [3.63, 3.8) is 0 Å². The van der Waals surface area contributed by atoms with Crippen LogP contribution in [0.4, 0.5) is 0 Å². The van der Waals surface area contributed by atoms with E-state index in [1.54, 1.807) is 7.11 Å². The number of carbonyl (C=O) groups is 1. The predicted octanol–water partition coefficient (Wildman–Crippen LogP) is 2.45. The fraction of sp³-hybridized carbons (Fsp3) is 0.400. The number of fused-ring (bicyclic) bond motifs is 1. The number of carbonyl (C=O) groups excluding carboxylic acids is 1. The second-order valence-electron chi connectivity index (χ2n) is 5.16. The smallest absolute Gasteiger partial charge is 0.310 e. The number of aromatic nitrogens is 3. The minimum absolute atomic E-state index is 0.145. The van der Waals surface area contributed by atoms with Crippen molar-refractivity contribution in [2.45, 2.75) is 19.4 Å². The number of rotatable bonds is 3. The largest absolute Gasteiger partial charge is 0.496 e. The first-order chi connectivity index (χ1) is 10.6. The molecule has 0 saturated carbocycles. The van der Waals surface area contributed by atoms with Gasteiger partial charge in [0, 0.05) is 18.5 Å². The average molecular weight is 366 g/mol. The van der Waals surface area contributed by atoms with Crippen LogP contribution in [0.2, 0.25) is 0 Å². The number of hydrogen-bond acceptors (Lipinski definition) is 5. The Labute approximate surface area is 136 Å². The molecule has 0 spiro atoms. The lowest BCUT2D eigenvalue weighted by Gasteiger charge is -2.22. The Bertz CT molecular complexity index is 714. The van der Waals surface area contributed by atoms with Crippen molar-refractivity contribution in [1.82, 2.24) is 14.8 Å². The van der Waals surface area contributed by atoms with E-state index in [0.717, 1.165) is 40.3 Å². The normalized spacial score (nSPS) is 17.0. The number of hydrogen-bond donors (Lipinski definition) is 0. The van der Waals surface area contributed by atoms with E-state index >= 15 is 0 Å². The van der Waals surface area contributed by atoms with Gasteiger partial charge in [0.25, 0.3) is 0 Å². The highest BCUT2D eigenvalue weighted by Gasteiger charge is 2.28. The van der Waals surface area contributed by atoms with Gasteiger partial charge >= 0.3 is 5.97 Å². The fourth-order valence-corrected chi connectivity index (χ4v) is 3.25. The number of esters is 1. The molecule has 116 valence electrons. The van der Waals surface area contributed by atoms with E-state index < -0.39 is 0 Å². The number of nitrogens with zero attached hydrogens (tertiary/aromatic N) is 3. The number of aryl methyl sites for hydroxylation is 1. The van der Waals surface area contributed by atoms with Gasteiger partial charge in [-0.2, -0.15) is 0 Å². The van der Waals surface area contributed by atoms with Crippen molar-refractivity contribution in [2.75, 3.05) is 14.2 Å². The van der Waals surface area contributed by atoms with E-state index in [0.29, 0.717) is 6.54 Å². The van der Waals surface area contributed by atoms with Crippen LogP contribution >= 0.6 is 15.9 Å². The van der Waals surface area contributed by atoms with E-state index in [9.17, 15) is 4.79 Å². The molecule has 0 N–H and O–H groups in total. The number of methoxy groups -OCH3 is 2. The van der Waals surface area contributed by atoms with Crippen LogP contribution < -0.4 is 4.74 Å². The van der Waals surface area contributed by atoms with Gasteiger partial charge in [0.05, 0.1) is 24.6 Å². The molecule has 2 aromatic rings. The van der Waals surface area contributed by atoms with Crippen LogP contribution in [0.5, 0.6) is 5.75 Å². The number of halogens is 1. The molecule has 0 radical (unpaired) electrons. The Hall–Kier alpha value is -1.89. The van der Waals surface area contributed by atoms with E-state index in [1.807, 2.05) is 22.8 Å². The molecule has 7 heteroatoms. The Morgan fingerprint density at radius 1 is 1.36 bits per heavy atom. The fourth-order valence-electron chi connectivity index (χ4n) is 2.71. The first-order valence-electron chi connectivity index (χ1n) is 6.98. The van der Waals surface area contributed by atoms with E-state index in [-0.39, 0.29) is 11.9 Å². The SMILES string of the molecule is COC(=O)C1CCc2nnc(-c3ccc(OC)c(Br)c3)n2C1. The molecule has 0 bridgehead atoms. The summed E-state index contributed by atoms with van der Waals surface area (Å²) in [6.07, 6.45) is 1.47. The zero-order valence-electron chi connectivity index (χ0n) is 12.4. The van der Waals surface area contributed by atoms with Gasteiger partial charge in [-0.05, 0) is 40.5 Å². The summed E-state index contributed by atoms with van der Waals surface area (Å²) in [7, 11) is 3.05. The van der Waals surface area contributed by atoms with Gasteiger partial charge in [0.15, 0.2) is 5.82 Å². The maximum Gasteiger partial charge on any atom is 0.310 e. The van der Waals surface area contributed by atoms with Crippen LogP contribution in [0.25, 0.3) is 11.4 Å². The summed E-state index contributed by atoms with van der Waals surface area (Å²) in [5.41, 5.74) is 0.928. The zero-order valence-corrected chi connectivity index (χ0v) is 14.0. The van der Waals surface area contributed by atoms with Crippen LogP contribution in [-0.2, 0) is 22.5 Å². The van der Waals surface area contributed by atoms with Gasteiger partial charge in [-0.1, -0.05) is 0 Å². The first kappa shape index (κ1) is 15.0. The molecule has 3 rings (SSSR count). The standard InChI is InChI=1S/C15H16BrN3O3/c1-21-12-5-3-9(7-11(12)16)14-18-17-13-6-4-10(8-19(13)14)15(20)22-2/h3,5,7,10H,4,6,8H2,1-2H3. The van der Waals surface area contributed by atoms with Gasteiger partial charge in [-0.15, -0.1) is 10.2 Å². The summed E-state index contributed by atoms with van der Waals surface area (Å²) in [5.74, 6) is 2.10. The van der Waals surface area contributed by atoms with Gasteiger partial charge in [-0.25, -0.2) is 0 Å². The van der Waals surface area contributed by atoms with Crippen molar-refractivity contribution in [3.05, 3.63) is 28.5 Å². The molecule has 0 fully saturated rings. The number of ether oxygens (including phenoxy) is 2. The molecule has 1 aliphatic rings. The highest BCUT2D eigenvalue weighted by molar-refractivity contribution is 9.10. The lowest BCUT2D eigenvalue weighted by atomic mass is 9.99. The third kappa shape index (κ3) is 2.61. The quantitative estimate of drug-likeness (QED) is 0.781. The molecular formula is C15H16BrN3O3. The molecule has 6 nitrogen and oxygen atoms in total. The summed E-state index contributed by atoms with van der Waals surface area (Å²) >= 11 is 3.48. The summed E-state index contributed by atoms with van der Waals surface area (Å²) < 4.78 is 13.0. The maximum absolute atomic E-state index is 11.8. The maximum atomic E-state index is 11.8. The van der Waals surface area contributed by atoms with Gasteiger partial charge < -0.3 is 14.0 Å². The topological polar surface area (TPSA) is 66.2 Å². The van der Waals surface area contributed by atoms with Gasteiger partial charge in [0.1, 0.15) is 11.6 Å². The van der Waals surface area contributed by atoms with Crippen molar-refractivity contribution >= 4 is 21.9 Å². The molecule has 1 aliphatic heterocycles. The molecule has 0 amide bonds. The molecule has 2 heterocycles. The minimum Gasteiger partial charge on any atom is -0.496 e. The first-order valence-corrected chi connectivity index (χ1v) is 7.77. The number of benzene rings is 1. The van der Waals surface area contributed by atoms with Gasteiger partial charge in [-0.3, -0.25) is 4.79 Å². The highest BCUT2D eigenvalue weighted by Crippen LogP contribution is 2.32. The summed E-state index contributed by atoms with van der Waals surface area (Å²) in [4.78, 5) is 11.8. The van der Waals surface area contributed by atoms with E-state index in [2.05, 4.69) is 26.1 Å². The molecular weight excluding hydrogens is 350 g/mol. The Kier molecular flexibility index (Phi) is 4.15. The summed E-state index contributed by atoms with van der Waals surface area (Å²) in [6, 6.07) is 5.75. The van der Waals surface area contributed by atoms with Crippen molar-refractivity contribution in [1.29, 1.82) is 0 Å². The van der Waals surface area contributed by atoms with Crippen molar-refractivity contribution < 1.29 is 14.3 Å². The molecule has 1 atom stereocenters. The van der Waals surface area contributed by atoms with Gasteiger partial charge in [0.2, 0.25) is 0 Å². The van der Waals surface area contributed by atoms with Crippen LogP contribution in [0, 0.1) is 5.92 Å². The summed E-state index contributed by atoms with van der Waals surface area (Å²) in [5, 5.41) is 8.52. The molecule has 1 aromatic carbocycles. The zero-order chi connectivity index (χ0) is 15.7. The molecule has 22 heavy (non-hydrogen) atoms. The van der Waals surface area contributed by atoms with Crippen molar-refractivity contribution in [2.24, 2.45) is 5.92 Å². The molecule has 0 aliphatic carbocycles. The Morgan fingerprint density at radius 2 is 2.18 bits per heavy atom.